The van der Waals surface area contributed by atoms with Crippen LogP contribution in [-0.2, 0) is 16.1 Å². The van der Waals surface area contributed by atoms with Gasteiger partial charge in [-0.1, -0.05) is 12.1 Å². The molecule has 6 heteroatoms. The van der Waals surface area contributed by atoms with Crippen molar-refractivity contribution in [2.45, 2.75) is 44.7 Å². The molecule has 0 spiro atoms. The lowest BCUT2D eigenvalue weighted by Gasteiger charge is -2.33. The third-order valence-electron chi connectivity index (χ3n) is 4.77. The number of carbonyl (C=O) groups is 3. The van der Waals surface area contributed by atoms with Crippen LogP contribution in [0.4, 0.5) is 0 Å². The molecule has 2 aliphatic rings. The standard InChI is InChI=1S/C18H22N2O4/c21-16-8-4-9-19(16)12-13-5-3-6-14(11-13)17(22)20-10-2-1-7-15(20)18(23)24/h3,5-6,11,15H,1-2,4,7-10,12H2,(H,23,24). The van der Waals surface area contributed by atoms with E-state index in [1.165, 1.54) is 4.90 Å². The maximum absolute atomic E-state index is 12.8. The Morgan fingerprint density at radius 1 is 1.17 bits per heavy atom. The molecule has 3 rings (SSSR count). The number of aliphatic carboxylic acids is 1. The number of carboxylic acid groups (broad SMARTS) is 1. The minimum absolute atomic E-state index is 0.147. The minimum atomic E-state index is -0.943. The van der Waals surface area contributed by atoms with E-state index in [2.05, 4.69) is 0 Å². The molecule has 2 aliphatic heterocycles. The fraction of sp³-hybridized carbons (Fsp3) is 0.500. The molecule has 2 fully saturated rings. The van der Waals surface area contributed by atoms with Gasteiger partial charge >= 0.3 is 5.97 Å². The Bertz CT molecular complexity index is 658. The fourth-order valence-electron chi connectivity index (χ4n) is 3.49. The number of carboxylic acids is 1. The molecule has 0 aliphatic carbocycles. The molecule has 0 radical (unpaired) electrons. The van der Waals surface area contributed by atoms with Crippen molar-refractivity contribution in [3.8, 4) is 0 Å². The molecule has 1 atom stereocenters. The second-order valence-corrected chi connectivity index (χ2v) is 6.47. The summed E-state index contributed by atoms with van der Waals surface area (Å²) in [6.07, 6.45) is 3.64. The van der Waals surface area contributed by atoms with Gasteiger partial charge in [0, 0.05) is 31.6 Å². The second-order valence-electron chi connectivity index (χ2n) is 6.47. The summed E-state index contributed by atoms with van der Waals surface area (Å²) < 4.78 is 0. The van der Waals surface area contributed by atoms with Crippen LogP contribution >= 0.6 is 0 Å². The van der Waals surface area contributed by atoms with E-state index in [0.29, 0.717) is 31.5 Å². The molecule has 2 saturated heterocycles. The van der Waals surface area contributed by atoms with E-state index in [4.69, 9.17) is 0 Å². The van der Waals surface area contributed by atoms with Crippen LogP contribution in [0.5, 0.6) is 0 Å². The van der Waals surface area contributed by atoms with Crippen molar-refractivity contribution < 1.29 is 19.5 Å². The maximum atomic E-state index is 12.8. The molecule has 24 heavy (non-hydrogen) atoms. The SMILES string of the molecule is O=C(O)C1CCCCN1C(=O)c1cccc(CN2CCCC2=O)c1. The van der Waals surface area contributed by atoms with Gasteiger partial charge < -0.3 is 14.9 Å². The highest BCUT2D eigenvalue weighted by atomic mass is 16.4. The first-order valence-electron chi connectivity index (χ1n) is 8.47. The summed E-state index contributed by atoms with van der Waals surface area (Å²) in [6.45, 7) is 1.73. The number of benzene rings is 1. The fourth-order valence-corrected chi connectivity index (χ4v) is 3.49. The van der Waals surface area contributed by atoms with E-state index in [9.17, 15) is 19.5 Å². The van der Waals surface area contributed by atoms with Gasteiger partial charge in [0.1, 0.15) is 6.04 Å². The summed E-state index contributed by atoms with van der Waals surface area (Å²) >= 11 is 0. The topological polar surface area (TPSA) is 77.9 Å². The van der Waals surface area contributed by atoms with E-state index in [1.54, 1.807) is 23.1 Å². The normalized spacial score (nSPS) is 21.2. The molecular formula is C18H22N2O4. The van der Waals surface area contributed by atoms with Crippen LogP contribution in [-0.4, -0.2) is 51.8 Å². The second kappa shape index (κ2) is 7.03. The molecule has 1 unspecified atom stereocenters. The van der Waals surface area contributed by atoms with Gasteiger partial charge in [-0.05, 0) is 43.4 Å². The molecule has 0 bridgehead atoms. The first-order valence-corrected chi connectivity index (χ1v) is 8.47. The quantitative estimate of drug-likeness (QED) is 0.914. The zero-order valence-corrected chi connectivity index (χ0v) is 13.6. The number of likely N-dealkylation sites (tertiary alicyclic amines) is 2. The Kier molecular flexibility index (Phi) is 4.83. The van der Waals surface area contributed by atoms with Gasteiger partial charge in [-0.15, -0.1) is 0 Å². The van der Waals surface area contributed by atoms with Crippen molar-refractivity contribution in [2.75, 3.05) is 13.1 Å². The van der Waals surface area contributed by atoms with Gasteiger partial charge in [-0.25, -0.2) is 4.79 Å². The molecule has 1 aromatic rings. The number of hydrogen-bond donors (Lipinski definition) is 1. The summed E-state index contributed by atoms with van der Waals surface area (Å²) in [5.74, 6) is -1.03. The highest BCUT2D eigenvalue weighted by Gasteiger charge is 2.32. The number of piperidine rings is 1. The molecular weight excluding hydrogens is 308 g/mol. The van der Waals surface area contributed by atoms with Crippen molar-refractivity contribution in [2.24, 2.45) is 0 Å². The lowest BCUT2D eigenvalue weighted by molar-refractivity contribution is -0.143. The summed E-state index contributed by atoms with van der Waals surface area (Å²) in [7, 11) is 0. The lowest BCUT2D eigenvalue weighted by atomic mass is 10.0. The lowest BCUT2D eigenvalue weighted by Crippen LogP contribution is -2.48. The molecule has 0 aromatic heterocycles. The molecule has 2 heterocycles. The van der Waals surface area contributed by atoms with Crippen LogP contribution in [0.1, 0.15) is 48.0 Å². The average Bonchev–Trinajstić information content (AvgIpc) is 2.99. The van der Waals surface area contributed by atoms with Crippen molar-refractivity contribution in [1.29, 1.82) is 0 Å². The maximum Gasteiger partial charge on any atom is 0.326 e. The Hall–Kier alpha value is -2.37. The van der Waals surface area contributed by atoms with E-state index in [-0.39, 0.29) is 11.8 Å². The van der Waals surface area contributed by atoms with Crippen LogP contribution in [0.15, 0.2) is 24.3 Å². The Labute approximate surface area is 141 Å². The van der Waals surface area contributed by atoms with Gasteiger partial charge in [-0.2, -0.15) is 0 Å². The van der Waals surface area contributed by atoms with E-state index in [1.807, 2.05) is 6.07 Å². The largest absolute Gasteiger partial charge is 0.480 e. The number of carbonyl (C=O) groups excluding carboxylic acids is 2. The molecule has 6 nitrogen and oxygen atoms in total. The van der Waals surface area contributed by atoms with Crippen molar-refractivity contribution >= 4 is 17.8 Å². The molecule has 0 saturated carbocycles. The van der Waals surface area contributed by atoms with Gasteiger partial charge in [0.2, 0.25) is 5.91 Å². The monoisotopic (exact) mass is 330 g/mol. The Balaban J connectivity index is 1.76. The number of amides is 2. The highest BCUT2D eigenvalue weighted by Crippen LogP contribution is 2.21. The summed E-state index contributed by atoms with van der Waals surface area (Å²) in [4.78, 5) is 39.2. The van der Waals surface area contributed by atoms with Crippen molar-refractivity contribution in [1.82, 2.24) is 9.80 Å². The van der Waals surface area contributed by atoms with Crippen LogP contribution < -0.4 is 0 Å². The van der Waals surface area contributed by atoms with Crippen LogP contribution in [0.25, 0.3) is 0 Å². The van der Waals surface area contributed by atoms with Crippen LogP contribution in [0.2, 0.25) is 0 Å². The highest BCUT2D eigenvalue weighted by molar-refractivity contribution is 5.97. The van der Waals surface area contributed by atoms with Crippen molar-refractivity contribution in [3.63, 3.8) is 0 Å². The van der Waals surface area contributed by atoms with E-state index in [0.717, 1.165) is 31.4 Å². The average molecular weight is 330 g/mol. The third kappa shape index (κ3) is 3.42. The van der Waals surface area contributed by atoms with Gasteiger partial charge in [0.05, 0.1) is 0 Å². The molecule has 2 amide bonds. The molecule has 128 valence electrons. The smallest absolute Gasteiger partial charge is 0.326 e. The van der Waals surface area contributed by atoms with E-state index < -0.39 is 12.0 Å². The molecule has 1 aromatic carbocycles. The number of rotatable bonds is 4. The summed E-state index contributed by atoms with van der Waals surface area (Å²) in [6, 6.07) is 6.44. The Morgan fingerprint density at radius 3 is 2.71 bits per heavy atom. The first kappa shape index (κ1) is 16.5. The minimum Gasteiger partial charge on any atom is -0.480 e. The van der Waals surface area contributed by atoms with Crippen LogP contribution in [0.3, 0.4) is 0 Å². The van der Waals surface area contributed by atoms with Gasteiger partial charge in [0.15, 0.2) is 0 Å². The zero-order valence-electron chi connectivity index (χ0n) is 13.6. The van der Waals surface area contributed by atoms with E-state index >= 15 is 0 Å². The number of nitrogens with zero attached hydrogens (tertiary/aromatic N) is 2. The predicted octanol–water partition coefficient (Wildman–Crippen LogP) is 1.89. The zero-order chi connectivity index (χ0) is 17.1. The third-order valence-corrected chi connectivity index (χ3v) is 4.77. The summed E-state index contributed by atoms with van der Waals surface area (Å²) in [5, 5.41) is 9.34. The number of hydrogen-bond acceptors (Lipinski definition) is 3. The van der Waals surface area contributed by atoms with Gasteiger partial charge in [0.25, 0.3) is 5.91 Å². The van der Waals surface area contributed by atoms with Crippen molar-refractivity contribution in [3.05, 3.63) is 35.4 Å². The Morgan fingerprint density at radius 2 is 2.00 bits per heavy atom. The van der Waals surface area contributed by atoms with Crippen LogP contribution in [0, 0.1) is 0 Å². The predicted molar refractivity (Wildman–Crippen MR) is 87.4 cm³/mol. The molecule has 1 N–H and O–H groups in total. The first-order chi connectivity index (χ1) is 11.6. The summed E-state index contributed by atoms with van der Waals surface area (Å²) in [5.41, 5.74) is 1.40. The van der Waals surface area contributed by atoms with Gasteiger partial charge in [-0.3, -0.25) is 9.59 Å².